The first kappa shape index (κ1) is 46.6. The number of benzene rings is 14. The molecule has 0 aliphatic rings. The average Bonchev–Trinajstić information content (AvgIpc) is 2.03. The quantitative estimate of drug-likeness (QED) is 0.158. The van der Waals surface area contributed by atoms with E-state index in [4.69, 9.17) is 0 Å². The molecule has 0 saturated heterocycles. The number of thiophene rings is 1. The van der Waals surface area contributed by atoms with Crippen LogP contribution >= 0.6 is 11.3 Å². The van der Waals surface area contributed by atoms with Crippen LogP contribution in [0.4, 0.5) is 0 Å². The lowest BCUT2D eigenvalue weighted by Crippen LogP contribution is -1.94. The van der Waals surface area contributed by atoms with E-state index in [0.29, 0.717) is 0 Å². The topological polar surface area (TPSA) is 19.7 Å². The number of fused-ring (bicyclic) bond motifs is 19. The van der Waals surface area contributed by atoms with Gasteiger partial charge in [0, 0.05) is 86.0 Å². The standard InChI is InChI=1S/C80H48N4S/c1-5-21-51(22-6-1)81-69-33-17-13-29-55(69)63-41-49(37-39-73(63)81)59-47-77-79(67-43-65-57-31-15-19-35-71(57)83(75(65)45-61(59)67)53-25-9-3-10-26-53)80-68-44-66-58-32-16-20-36-72(58)84(54-27-11-4-12-28-54)76(66)46-62(68)60(48-78(80)85-77)50-38-40-74-64(42-50)56-30-14-18-34-70(56)82(74)52-23-7-2-8-24-52/h1-48H. The first-order valence-electron chi connectivity index (χ1n) is 29.2. The van der Waals surface area contributed by atoms with Crippen LogP contribution in [0, 0.1) is 0 Å². The van der Waals surface area contributed by atoms with Crippen LogP contribution in [0.5, 0.6) is 0 Å². The Bertz CT molecular complexity index is 5630. The van der Waals surface area contributed by atoms with Crippen LogP contribution in [0.2, 0.25) is 0 Å². The Morgan fingerprint density at radius 1 is 0.188 bits per heavy atom. The maximum absolute atomic E-state index is 2.54. The monoisotopic (exact) mass is 1100 g/mol. The van der Waals surface area contributed by atoms with E-state index in [9.17, 15) is 0 Å². The van der Waals surface area contributed by atoms with Crippen LogP contribution < -0.4 is 0 Å². The molecule has 5 heteroatoms. The van der Waals surface area contributed by atoms with Crippen molar-refractivity contribution in [1.29, 1.82) is 0 Å². The zero-order valence-corrected chi connectivity index (χ0v) is 46.7. The predicted molar refractivity (Wildman–Crippen MR) is 363 cm³/mol. The van der Waals surface area contributed by atoms with E-state index in [2.05, 4.69) is 309 Å². The van der Waals surface area contributed by atoms with Gasteiger partial charge >= 0.3 is 0 Å². The number of para-hydroxylation sites is 8. The van der Waals surface area contributed by atoms with Gasteiger partial charge in [-0.15, -0.1) is 11.3 Å². The van der Waals surface area contributed by atoms with E-state index in [1.165, 1.54) is 151 Å². The molecule has 14 aromatic carbocycles. The zero-order chi connectivity index (χ0) is 55.4. The minimum absolute atomic E-state index is 1.15. The van der Waals surface area contributed by atoms with Crippen molar-refractivity contribution >= 4 is 140 Å². The van der Waals surface area contributed by atoms with Gasteiger partial charge < -0.3 is 18.3 Å². The summed E-state index contributed by atoms with van der Waals surface area (Å²) in [6.45, 7) is 0. The van der Waals surface area contributed by atoms with Crippen LogP contribution in [-0.4, -0.2) is 18.3 Å². The van der Waals surface area contributed by atoms with Crippen LogP contribution in [0.3, 0.4) is 0 Å². The van der Waals surface area contributed by atoms with E-state index in [1.54, 1.807) is 0 Å². The van der Waals surface area contributed by atoms with Crippen molar-refractivity contribution < 1.29 is 0 Å². The summed E-state index contributed by atoms with van der Waals surface area (Å²) in [5.41, 5.74) is 19.0. The summed E-state index contributed by atoms with van der Waals surface area (Å²) in [7, 11) is 0. The number of aromatic nitrogens is 4. The van der Waals surface area contributed by atoms with Gasteiger partial charge in [-0.2, -0.15) is 0 Å². The Balaban J connectivity index is 0.963. The predicted octanol–water partition coefficient (Wildman–Crippen LogP) is 22.1. The second-order valence-electron chi connectivity index (χ2n) is 22.7. The van der Waals surface area contributed by atoms with E-state index >= 15 is 0 Å². The molecule has 0 amide bonds. The fraction of sp³-hybridized carbons (Fsp3) is 0. The molecule has 5 aromatic heterocycles. The third-order valence-corrected chi connectivity index (χ3v) is 19.4. The molecule has 0 aliphatic heterocycles. The molecular weight excluding hydrogens is 1050 g/mol. The molecule has 0 N–H and O–H groups in total. The van der Waals surface area contributed by atoms with Crippen molar-refractivity contribution in [1.82, 2.24) is 18.3 Å². The van der Waals surface area contributed by atoms with Crippen molar-refractivity contribution in [3.63, 3.8) is 0 Å². The van der Waals surface area contributed by atoms with Crippen molar-refractivity contribution in [3.05, 3.63) is 291 Å². The van der Waals surface area contributed by atoms with Gasteiger partial charge in [-0.05, 0) is 177 Å². The second kappa shape index (κ2) is 17.8. The lowest BCUT2D eigenvalue weighted by atomic mass is 9.90. The molecule has 0 fully saturated rings. The van der Waals surface area contributed by atoms with Crippen LogP contribution in [0.25, 0.3) is 174 Å². The first-order valence-corrected chi connectivity index (χ1v) is 30.1. The molecule has 19 aromatic rings. The van der Waals surface area contributed by atoms with Gasteiger partial charge in [0.25, 0.3) is 0 Å². The van der Waals surface area contributed by atoms with Gasteiger partial charge in [0.2, 0.25) is 0 Å². The maximum atomic E-state index is 2.54. The molecular formula is C80H48N4S. The summed E-state index contributed by atoms with van der Waals surface area (Å²) in [5.74, 6) is 0. The number of rotatable bonds is 6. The van der Waals surface area contributed by atoms with Crippen molar-refractivity contribution in [3.8, 4) is 45.0 Å². The Labute approximate surface area is 491 Å². The molecule has 5 heterocycles. The van der Waals surface area contributed by atoms with Crippen molar-refractivity contribution in [2.24, 2.45) is 0 Å². The number of hydrogen-bond acceptors (Lipinski definition) is 1. The van der Waals surface area contributed by atoms with Crippen LogP contribution in [0.15, 0.2) is 291 Å². The summed E-state index contributed by atoms with van der Waals surface area (Å²) in [6.07, 6.45) is 0. The Hall–Kier alpha value is -11.0. The van der Waals surface area contributed by atoms with Gasteiger partial charge in [0.05, 0.1) is 44.1 Å². The molecule has 0 saturated carbocycles. The normalized spacial score (nSPS) is 12.2. The fourth-order valence-electron chi connectivity index (χ4n) is 14.7. The highest BCUT2D eigenvalue weighted by Crippen LogP contribution is 2.51. The van der Waals surface area contributed by atoms with Gasteiger partial charge in [0.15, 0.2) is 0 Å². The highest BCUT2D eigenvalue weighted by molar-refractivity contribution is 7.26. The highest BCUT2D eigenvalue weighted by atomic mass is 32.1. The fourth-order valence-corrected chi connectivity index (χ4v) is 15.9. The lowest BCUT2D eigenvalue weighted by Gasteiger charge is -2.14. The average molecular weight is 1100 g/mol. The number of hydrogen-bond donors (Lipinski definition) is 0. The van der Waals surface area contributed by atoms with Crippen LogP contribution in [0.1, 0.15) is 0 Å². The molecule has 19 rings (SSSR count). The van der Waals surface area contributed by atoms with Gasteiger partial charge in [-0.25, -0.2) is 0 Å². The molecule has 4 nitrogen and oxygen atoms in total. The third kappa shape index (κ3) is 6.67. The zero-order valence-electron chi connectivity index (χ0n) is 45.9. The van der Waals surface area contributed by atoms with Gasteiger partial charge in [-0.1, -0.05) is 158 Å². The molecule has 85 heavy (non-hydrogen) atoms. The molecule has 0 radical (unpaired) electrons. The van der Waals surface area contributed by atoms with E-state index < -0.39 is 0 Å². The van der Waals surface area contributed by atoms with Gasteiger partial charge in [-0.3, -0.25) is 0 Å². The SMILES string of the molecule is c1ccc(-n2c3ccccc3c3cc(-c4cc5sc6cc(-c7ccc8c(c7)c7ccccc7n8-c7ccccc7)c7cc8c(cc7c6c5c5cc6c7ccccc7n(-c7ccccc7)c6cc45)c4ccccc4n8-c4ccccc4)ccc32)cc1. The highest BCUT2D eigenvalue weighted by Gasteiger charge is 2.25. The third-order valence-electron chi connectivity index (χ3n) is 18.3. The summed E-state index contributed by atoms with van der Waals surface area (Å²) < 4.78 is 12.3. The number of nitrogens with zero attached hydrogens (tertiary/aromatic N) is 4. The van der Waals surface area contributed by atoms with E-state index in [0.717, 1.165) is 22.7 Å². The smallest absolute Gasteiger partial charge is 0.0547 e. The molecule has 394 valence electrons. The molecule has 0 aliphatic carbocycles. The van der Waals surface area contributed by atoms with Crippen molar-refractivity contribution in [2.75, 3.05) is 0 Å². The van der Waals surface area contributed by atoms with E-state index in [1.807, 2.05) is 11.3 Å². The largest absolute Gasteiger partial charge is 0.309 e. The Kier molecular flexibility index (Phi) is 9.74. The minimum Gasteiger partial charge on any atom is -0.309 e. The second-order valence-corrected chi connectivity index (χ2v) is 23.8. The first-order chi connectivity index (χ1) is 42.2. The van der Waals surface area contributed by atoms with Gasteiger partial charge in [0.1, 0.15) is 0 Å². The molecule has 0 atom stereocenters. The van der Waals surface area contributed by atoms with Crippen LogP contribution in [-0.2, 0) is 0 Å². The maximum Gasteiger partial charge on any atom is 0.0547 e. The minimum atomic E-state index is 1.15. The summed E-state index contributed by atoms with van der Waals surface area (Å²) >= 11 is 1.93. The Morgan fingerprint density at radius 3 is 0.812 bits per heavy atom. The summed E-state index contributed by atoms with van der Waals surface area (Å²) in [6, 6.07) is 109. The summed E-state index contributed by atoms with van der Waals surface area (Å²) in [4.78, 5) is 0. The molecule has 0 bridgehead atoms. The lowest BCUT2D eigenvalue weighted by molar-refractivity contribution is 1.18. The van der Waals surface area contributed by atoms with E-state index in [-0.39, 0.29) is 0 Å². The van der Waals surface area contributed by atoms with Crippen molar-refractivity contribution in [2.45, 2.75) is 0 Å². The molecule has 0 spiro atoms. The summed E-state index contributed by atoms with van der Waals surface area (Å²) in [5, 5.41) is 17.5. The molecule has 0 unspecified atom stereocenters. The Morgan fingerprint density at radius 2 is 0.471 bits per heavy atom.